The zero-order valence-electron chi connectivity index (χ0n) is 10.8. The van der Waals surface area contributed by atoms with Crippen LogP contribution in [0.5, 0.6) is 0 Å². The van der Waals surface area contributed by atoms with E-state index in [1.807, 2.05) is 11.7 Å². The Bertz CT molecular complexity index is 334. The Balaban J connectivity index is 2.08. The van der Waals surface area contributed by atoms with Gasteiger partial charge in [0, 0.05) is 12.8 Å². The summed E-state index contributed by atoms with van der Waals surface area (Å²) >= 11 is 1.53. The van der Waals surface area contributed by atoms with Gasteiger partial charge in [0.15, 0.2) is 11.9 Å². The molecule has 2 fully saturated rings. The van der Waals surface area contributed by atoms with Gasteiger partial charge in [-0.3, -0.25) is 0 Å². The van der Waals surface area contributed by atoms with Crippen molar-refractivity contribution >= 4 is 17.7 Å². The fourth-order valence-corrected chi connectivity index (χ4v) is 2.87. The molecule has 1 aliphatic carbocycles. The number of aliphatic carboxylic acids is 1. The van der Waals surface area contributed by atoms with Crippen LogP contribution >= 0.6 is 11.8 Å². The van der Waals surface area contributed by atoms with E-state index in [-0.39, 0.29) is 0 Å². The molecule has 0 aromatic heterocycles. The van der Waals surface area contributed by atoms with Gasteiger partial charge in [0.2, 0.25) is 0 Å². The molecular formula is C13H20O4S. The molecule has 0 unspecified atom stereocenters. The summed E-state index contributed by atoms with van der Waals surface area (Å²) in [5.74, 6) is -0.934. The third kappa shape index (κ3) is 2.90. The molecule has 1 heterocycles. The second-order valence-corrected chi connectivity index (χ2v) is 5.86. The van der Waals surface area contributed by atoms with E-state index in [1.165, 1.54) is 11.8 Å². The Morgan fingerprint density at radius 2 is 2.06 bits per heavy atom. The molecule has 0 bridgehead atoms. The van der Waals surface area contributed by atoms with E-state index in [4.69, 9.17) is 9.47 Å². The predicted molar refractivity (Wildman–Crippen MR) is 70.4 cm³/mol. The highest BCUT2D eigenvalue weighted by Crippen LogP contribution is 2.42. The van der Waals surface area contributed by atoms with Crippen LogP contribution in [0.15, 0.2) is 11.5 Å². The Morgan fingerprint density at radius 3 is 2.61 bits per heavy atom. The van der Waals surface area contributed by atoms with Gasteiger partial charge < -0.3 is 14.6 Å². The number of ether oxygens (including phenoxy) is 2. The summed E-state index contributed by atoms with van der Waals surface area (Å²) in [5.41, 5.74) is 0. The molecule has 0 amide bonds. The molecule has 1 saturated carbocycles. The summed E-state index contributed by atoms with van der Waals surface area (Å²) in [6, 6.07) is 0. The van der Waals surface area contributed by atoms with Crippen LogP contribution in [-0.2, 0) is 14.3 Å². The molecule has 2 atom stereocenters. The lowest BCUT2D eigenvalue weighted by molar-refractivity contribution is -0.200. The molecule has 0 aromatic carbocycles. The maximum absolute atomic E-state index is 11.2. The minimum Gasteiger partial charge on any atom is -0.479 e. The van der Waals surface area contributed by atoms with Crippen LogP contribution < -0.4 is 0 Å². The van der Waals surface area contributed by atoms with Gasteiger partial charge in [0.25, 0.3) is 0 Å². The van der Waals surface area contributed by atoms with Gasteiger partial charge in [0.1, 0.15) is 6.10 Å². The first-order valence-electron chi connectivity index (χ1n) is 6.34. The Labute approximate surface area is 112 Å². The standard InChI is InChI=1S/C13H20O4S/c1-9-3-6-13(7-4-9)16-10(5-8-18-2)11(17-13)12(14)15/h5,8-11H,3-4,6-7H2,1-2H3,(H,14,15)/b8-5+/t9?,10-,11-,13?/m1/s1. The van der Waals surface area contributed by atoms with Crippen LogP contribution in [0.25, 0.3) is 0 Å². The normalized spacial score (nSPS) is 40.7. The Morgan fingerprint density at radius 1 is 1.39 bits per heavy atom. The fraction of sp³-hybridized carbons (Fsp3) is 0.769. The zero-order chi connectivity index (χ0) is 13.2. The second-order valence-electron chi connectivity index (χ2n) is 5.12. The minimum atomic E-state index is -0.943. The molecule has 4 nitrogen and oxygen atoms in total. The van der Waals surface area contributed by atoms with Crippen molar-refractivity contribution in [1.29, 1.82) is 0 Å². The molecule has 0 radical (unpaired) electrons. The number of carbonyl (C=O) groups is 1. The molecule has 0 aromatic rings. The van der Waals surface area contributed by atoms with Crippen molar-refractivity contribution in [3.63, 3.8) is 0 Å². The SMILES string of the molecule is CS/C=C/[C@H]1OC2(CCC(C)CC2)O[C@H]1C(=O)O. The quantitative estimate of drug-likeness (QED) is 0.856. The highest BCUT2D eigenvalue weighted by atomic mass is 32.2. The van der Waals surface area contributed by atoms with Crippen molar-refractivity contribution in [2.45, 2.75) is 50.6 Å². The monoisotopic (exact) mass is 272 g/mol. The Kier molecular flexibility index (Phi) is 4.35. The molecule has 1 spiro atoms. The average Bonchev–Trinajstić information content (AvgIpc) is 2.70. The van der Waals surface area contributed by atoms with Crippen LogP contribution in [0.4, 0.5) is 0 Å². The summed E-state index contributed by atoms with van der Waals surface area (Å²) in [4.78, 5) is 11.2. The topological polar surface area (TPSA) is 55.8 Å². The van der Waals surface area contributed by atoms with Crippen molar-refractivity contribution in [2.75, 3.05) is 6.26 Å². The zero-order valence-corrected chi connectivity index (χ0v) is 11.6. The molecular weight excluding hydrogens is 252 g/mol. The van der Waals surface area contributed by atoms with E-state index in [0.29, 0.717) is 5.92 Å². The molecule has 18 heavy (non-hydrogen) atoms. The number of hydrogen-bond donors (Lipinski definition) is 1. The van der Waals surface area contributed by atoms with Gasteiger partial charge in [-0.25, -0.2) is 4.79 Å². The van der Waals surface area contributed by atoms with Crippen molar-refractivity contribution in [3.8, 4) is 0 Å². The average molecular weight is 272 g/mol. The number of carboxylic acids is 1. The third-order valence-electron chi connectivity index (χ3n) is 3.67. The summed E-state index contributed by atoms with van der Waals surface area (Å²) in [6.07, 6.45) is 6.03. The van der Waals surface area contributed by atoms with Gasteiger partial charge in [-0.1, -0.05) is 6.92 Å². The predicted octanol–water partition coefficient (Wildman–Crippen LogP) is 2.64. The molecule has 1 N–H and O–H groups in total. The maximum Gasteiger partial charge on any atom is 0.336 e. The lowest BCUT2D eigenvalue weighted by Crippen LogP contribution is -2.36. The highest BCUT2D eigenvalue weighted by Gasteiger charge is 2.50. The van der Waals surface area contributed by atoms with E-state index >= 15 is 0 Å². The van der Waals surface area contributed by atoms with Gasteiger partial charge in [-0.05, 0) is 36.5 Å². The first-order chi connectivity index (χ1) is 8.56. The molecule has 1 aliphatic heterocycles. The lowest BCUT2D eigenvalue weighted by Gasteiger charge is -2.34. The third-order valence-corrected chi connectivity index (χ3v) is 4.10. The van der Waals surface area contributed by atoms with Gasteiger partial charge >= 0.3 is 5.97 Å². The van der Waals surface area contributed by atoms with Crippen molar-refractivity contribution in [3.05, 3.63) is 11.5 Å². The van der Waals surface area contributed by atoms with Crippen molar-refractivity contribution < 1.29 is 19.4 Å². The highest BCUT2D eigenvalue weighted by molar-refractivity contribution is 8.01. The summed E-state index contributed by atoms with van der Waals surface area (Å²) in [5, 5.41) is 11.1. The first-order valence-corrected chi connectivity index (χ1v) is 7.63. The second kappa shape index (κ2) is 5.63. The summed E-state index contributed by atoms with van der Waals surface area (Å²) in [6.45, 7) is 2.21. The van der Waals surface area contributed by atoms with Crippen molar-refractivity contribution in [1.82, 2.24) is 0 Å². The van der Waals surface area contributed by atoms with Gasteiger partial charge in [-0.2, -0.15) is 0 Å². The molecule has 1 saturated heterocycles. The van der Waals surface area contributed by atoms with E-state index in [9.17, 15) is 9.90 Å². The smallest absolute Gasteiger partial charge is 0.336 e. The minimum absolute atomic E-state index is 0.469. The molecule has 5 heteroatoms. The Hall–Kier alpha value is -0.520. The summed E-state index contributed by atoms with van der Waals surface area (Å²) in [7, 11) is 0. The van der Waals surface area contributed by atoms with E-state index in [1.54, 1.807) is 6.08 Å². The maximum atomic E-state index is 11.2. The fourth-order valence-electron chi connectivity index (χ4n) is 2.56. The number of hydrogen-bond acceptors (Lipinski definition) is 4. The first kappa shape index (κ1) is 13.9. The summed E-state index contributed by atoms with van der Waals surface area (Å²) < 4.78 is 11.6. The van der Waals surface area contributed by atoms with Crippen molar-refractivity contribution in [2.24, 2.45) is 5.92 Å². The van der Waals surface area contributed by atoms with Crippen LogP contribution in [0.2, 0.25) is 0 Å². The number of carboxylic acid groups (broad SMARTS) is 1. The van der Waals surface area contributed by atoms with Crippen LogP contribution in [0, 0.1) is 5.92 Å². The molecule has 2 rings (SSSR count). The van der Waals surface area contributed by atoms with Crippen LogP contribution in [0.3, 0.4) is 0 Å². The lowest BCUT2D eigenvalue weighted by atomic mass is 9.86. The molecule has 2 aliphatic rings. The number of thioether (sulfide) groups is 1. The molecule has 102 valence electrons. The van der Waals surface area contributed by atoms with E-state index in [2.05, 4.69) is 6.92 Å². The number of rotatable bonds is 3. The van der Waals surface area contributed by atoms with E-state index < -0.39 is 24.0 Å². The van der Waals surface area contributed by atoms with Crippen LogP contribution in [-0.4, -0.2) is 35.3 Å². The van der Waals surface area contributed by atoms with Gasteiger partial charge in [-0.15, -0.1) is 11.8 Å². The van der Waals surface area contributed by atoms with Crippen LogP contribution in [0.1, 0.15) is 32.6 Å². The largest absolute Gasteiger partial charge is 0.479 e. The van der Waals surface area contributed by atoms with Gasteiger partial charge in [0.05, 0.1) is 0 Å². The van der Waals surface area contributed by atoms with E-state index in [0.717, 1.165) is 25.7 Å².